The van der Waals surface area contributed by atoms with Gasteiger partial charge in [0.2, 0.25) is 4.47 Å². The number of fused-ring (bicyclic) bond motifs is 5. The van der Waals surface area contributed by atoms with Gasteiger partial charge in [0.1, 0.15) is 5.01 Å². The average Bonchev–Trinajstić information content (AvgIpc) is 2.58. The molecule has 14 heavy (non-hydrogen) atoms. The van der Waals surface area contributed by atoms with Crippen molar-refractivity contribution in [2.75, 3.05) is 0 Å². The summed E-state index contributed by atoms with van der Waals surface area (Å²) >= 11 is 7.41. The Labute approximate surface area is 91.7 Å². The van der Waals surface area contributed by atoms with Crippen LogP contribution in [0, 0.1) is 23.7 Å². The summed E-state index contributed by atoms with van der Waals surface area (Å²) in [5, 5.41) is 9.31. The minimum absolute atomic E-state index is 0.609. The van der Waals surface area contributed by atoms with Crippen LogP contribution in [0.25, 0.3) is 0 Å². The zero-order chi connectivity index (χ0) is 9.28. The number of hydrogen-bond acceptors (Lipinski definition) is 3. The zero-order valence-corrected chi connectivity index (χ0v) is 9.26. The van der Waals surface area contributed by atoms with Crippen LogP contribution in [0.2, 0.25) is 4.47 Å². The lowest BCUT2D eigenvalue weighted by Crippen LogP contribution is -1.96. The molecule has 0 spiro atoms. The van der Waals surface area contributed by atoms with Crippen molar-refractivity contribution < 1.29 is 0 Å². The lowest BCUT2D eigenvalue weighted by atomic mass is 10.0. The lowest BCUT2D eigenvalue weighted by Gasteiger charge is -2.04. The molecule has 3 saturated carbocycles. The Hall–Kier alpha value is -0.150. The zero-order valence-electron chi connectivity index (χ0n) is 7.69. The third kappa shape index (κ3) is 0.878. The highest BCUT2D eigenvalue weighted by Gasteiger charge is 2.66. The first-order valence-corrected chi connectivity index (χ1v) is 6.53. The van der Waals surface area contributed by atoms with E-state index in [1.54, 1.807) is 11.3 Å². The van der Waals surface area contributed by atoms with Crippen molar-refractivity contribution in [1.29, 1.82) is 0 Å². The van der Waals surface area contributed by atoms with Gasteiger partial charge in [-0.1, -0.05) is 11.3 Å². The summed E-state index contributed by atoms with van der Waals surface area (Å²) in [5.74, 6) is 4.68. The van der Waals surface area contributed by atoms with Gasteiger partial charge in [-0.15, -0.1) is 10.2 Å². The topological polar surface area (TPSA) is 25.8 Å². The fourth-order valence-corrected chi connectivity index (χ4v) is 5.07. The highest BCUT2D eigenvalue weighted by Crippen LogP contribution is 2.73. The van der Waals surface area contributed by atoms with Crippen LogP contribution in [0.1, 0.15) is 30.2 Å². The molecule has 4 heteroatoms. The van der Waals surface area contributed by atoms with E-state index < -0.39 is 0 Å². The van der Waals surface area contributed by atoms with Crippen LogP contribution in [-0.4, -0.2) is 10.2 Å². The summed E-state index contributed by atoms with van der Waals surface area (Å²) < 4.78 is 0.609. The van der Waals surface area contributed by atoms with E-state index in [0.29, 0.717) is 4.47 Å². The Morgan fingerprint density at radius 2 is 1.86 bits per heavy atom. The van der Waals surface area contributed by atoms with E-state index in [4.69, 9.17) is 11.6 Å². The summed E-state index contributed by atoms with van der Waals surface area (Å²) in [7, 11) is 0. The molecule has 0 radical (unpaired) electrons. The normalized spacial score (nSPS) is 48.2. The molecular formula is C10H11ClN2S. The van der Waals surface area contributed by atoms with Crippen molar-refractivity contribution in [3.05, 3.63) is 9.47 Å². The molecular weight excluding hydrogens is 216 g/mol. The van der Waals surface area contributed by atoms with Gasteiger partial charge < -0.3 is 0 Å². The predicted octanol–water partition coefficient (Wildman–Crippen LogP) is 2.95. The maximum Gasteiger partial charge on any atom is 0.207 e. The first-order chi connectivity index (χ1) is 6.84. The Kier molecular flexibility index (Phi) is 1.44. The van der Waals surface area contributed by atoms with Crippen LogP contribution in [0.15, 0.2) is 0 Å². The van der Waals surface area contributed by atoms with Gasteiger partial charge in [-0.3, -0.25) is 0 Å². The van der Waals surface area contributed by atoms with Crippen LogP contribution in [0.3, 0.4) is 0 Å². The number of aromatic nitrogens is 2. The monoisotopic (exact) mass is 226 g/mol. The van der Waals surface area contributed by atoms with Crippen molar-refractivity contribution >= 4 is 22.9 Å². The van der Waals surface area contributed by atoms with Crippen LogP contribution in [0.5, 0.6) is 0 Å². The Bertz CT molecular complexity index is 375. The second-order valence-corrected chi connectivity index (χ2v) is 6.50. The molecule has 0 aromatic carbocycles. The molecule has 3 aliphatic rings. The van der Waals surface area contributed by atoms with Gasteiger partial charge in [0.25, 0.3) is 0 Å². The first kappa shape index (κ1) is 8.05. The second kappa shape index (κ2) is 2.50. The van der Waals surface area contributed by atoms with Gasteiger partial charge >= 0.3 is 0 Å². The van der Waals surface area contributed by atoms with E-state index in [2.05, 4.69) is 10.2 Å². The molecule has 4 rings (SSSR count). The molecule has 4 unspecified atom stereocenters. The largest absolute Gasteiger partial charge is 0.207 e. The minimum atomic E-state index is 0.609. The minimum Gasteiger partial charge on any atom is -0.142 e. The molecule has 0 amide bonds. The first-order valence-electron chi connectivity index (χ1n) is 5.33. The van der Waals surface area contributed by atoms with E-state index in [-0.39, 0.29) is 0 Å². The molecule has 1 aromatic heterocycles. The third-order valence-electron chi connectivity index (χ3n) is 4.44. The van der Waals surface area contributed by atoms with Gasteiger partial charge in [-0.2, -0.15) is 0 Å². The predicted molar refractivity (Wildman–Crippen MR) is 55.5 cm³/mol. The molecule has 4 atom stereocenters. The number of nitrogens with zero attached hydrogens (tertiary/aromatic N) is 2. The lowest BCUT2D eigenvalue weighted by molar-refractivity contribution is 0.456. The summed E-state index contributed by atoms with van der Waals surface area (Å²) in [4.78, 5) is 0. The maximum absolute atomic E-state index is 5.82. The van der Waals surface area contributed by atoms with Crippen LogP contribution in [0.4, 0.5) is 0 Å². The van der Waals surface area contributed by atoms with Crippen molar-refractivity contribution in [3.63, 3.8) is 0 Å². The van der Waals surface area contributed by atoms with E-state index in [1.165, 1.54) is 24.3 Å². The number of hydrogen-bond donors (Lipinski definition) is 0. The highest BCUT2D eigenvalue weighted by atomic mass is 35.5. The van der Waals surface area contributed by atoms with Gasteiger partial charge in [-0.25, -0.2) is 0 Å². The molecule has 1 aromatic rings. The van der Waals surface area contributed by atoms with E-state index in [9.17, 15) is 0 Å². The van der Waals surface area contributed by atoms with Gasteiger partial charge in [-0.05, 0) is 54.5 Å². The highest BCUT2D eigenvalue weighted by molar-refractivity contribution is 7.15. The summed E-state index contributed by atoms with van der Waals surface area (Å²) in [6, 6.07) is 0. The molecule has 3 fully saturated rings. The molecule has 0 N–H and O–H groups in total. The molecule has 2 nitrogen and oxygen atoms in total. The Morgan fingerprint density at radius 1 is 1.14 bits per heavy atom. The summed E-state index contributed by atoms with van der Waals surface area (Å²) in [5.41, 5.74) is 0. The number of rotatable bonds is 1. The molecule has 0 saturated heterocycles. The maximum atomic E-state index is 5.82. The van der Waals surface area contributed by atoms with Gasteiger partial charge in [0.05, 0.1) is 0 Å². The van der Waals surface area contributed by atoms with Crippen LogP contribution < -0.4 is 0 Å². The Balaban J connectivity index is 1.66. The molecule has 74 valence electrons. The number of halogens is 1. The van der Waals surface area contributed by atoms with Gasteiger partial charge in [0.15, 0.2) is 0 Å². The third-order valence-corrected chi connectivity index (χ3v) is 5.56. The Morgan fingerprint density at radius 3 is 2.43 bits per heavy atom. The standard InChI is InChI=1S/C10H11ClN2S/c11-10-13-12-9(14-10)8-6-4-1-2-5(3-4)7(6)8/h4-8H,1-3H2. The van der Waals surface area contributed by atoms with Crippen LogP contribution >= 0.6 is 22.9 Å². The summed E-state index contributed by atoms with van der Waals surface area (Å²) in [6.45, 7) is 0. The quantitative estimate of drug-likeness (QED) is 0.736. The smallest absolute Gasteiger partial charge is 0.142 e. The second-order valence-electron chi connectivity index (χ2n) is 4.91. The van der Waals surface area contributed by atoms with Crippen molar-refractivity contribution in [3.8, 4) is 0 Å². The molecule has 1 heterocycles. The SMILES string of the molecule is Clc1nnc(C2C3C4CCC(C4)C23)s1. The average molecular weight is 227 g/mol. The fourth-order valence-electron chi connectivity index (χ4n) is 4.01. The molecule has 3 aliphatic carbocycles. The fraction of sp³-hybridized carbons (Fsp3) is 0.800. The van der Waals surface area contributed by atoms with E-state index in [1.807, 2.05) is 0 Å². The van der Waals surface area contributed by atoms with Crippen molar-refractivity contribution in [1.82, 2.24) is 10.2 Å². The van der Waals surface area contributed by atoms with Gasteiger partial charge in [0, 0.05) is 5.92 Å². The van der Waals surface area contributed by atoms with Crippen molar-refractivity contribution in [2.45, 2.75) is 25.2 Å². The van der Waals surface area contributed by atoms with E-state index in [0.717, 1.165) is 29.6 Å². The van der Waals surface area contributed by atoms with E-state index >= 15 is 0 Å². The molecule has 2 bridgehead atoms. The van der Waals surface area contributed by atoms with Crippen molar-refractivity contribution in [2.24, 2.45) is 23.7 Å². The molecule has 0 aliphatic heterocycles. The van der Waals surface area contributed by atoms with Crippen LogP contribution in [-0.2, 0) is 0 Å². The summed E-state index contributed by atoms with van der Waals surface area (Å²) in [6.07, 6.45) is 4.43.